The van der Waals surface area contributed by atoms with Gasteiger partial charge in [0.2, 0.25) is 5.91 Å². The van der Waals surface area contributed by atoms with Crippen molar-refractivity contribution in [1.29, 1.82) is 0 Å². The topological polar surface area (TPSA) is 80.8 Å². The number of carbonyl (C=O) groups excluding carboxylic acids is 2. The quantitative estimate of drug-likeness (QED) is 0.288. The first-order valence-electron chi connectivity index (χ1n) is 11.2. The minimum Gasteiger partial charge on any atom is -0.465 e. The third kappa shape index (κ3) is 7.44. The molecule has 1 N–H and O–H groups in total. The second kappa shape index (κ2) is 12.9. The minimum absolute atomic E-state index is 0.0654. The van der Waals surface area contributed by atoms with Gasteiger partial charge in [-0.2, -0.15) is 0 Å². The van der Waals surface area contributed by atoms with E-state index in [-0.39, 0.29) is 23.7 Å². The van der Waals surface area contributed by atoms with Gasteiger partial charge >= 0.3 is 5.97 Å². The van der Waals surface area contributed by atoms with Crippen molar-refractivity contribution in [2.75, 3.05) is 39.1 Å². The maximum atomic E-state index is 12.4. The molecule has 190 valence electrons. The number of nitrogens with zero attached hydrogens (tertiary/aromatic N) is 2. The third-order valence-corrected chi connectivity index (χ3v) is 8.31. The zero-order chi connectivity index (χ0) is 25.5. The van der Waals surface area contributed by atoms with Gasteiger partial charge in [-0.3, -0.25) is 9.69 Å². The molecule has 0 bridgehead atoms. The summed E-state index contributed by atoms with van der Waals surface area (Å²) in [6, 6.07) is 12.7. The first-order chi connectivity index (χ1) is 17.4. The van der Waals surface area contributed by atoms with Gasteiger partial charge in [-0.15, -0.1) is 11.3 Å². The van der Waals surface area contributed by atoms with Gasteiger partial charge in [0.25, 0.3) is 0 Å². The van der Waals surface area contributed by atoms with Crippen molar-refractivity contribution >= 4 is 58.2 Å². The summed E-state index contributed by atoms with van der Waals surface area (Å²) in [5, 5.41) is 6.00. The monoisotopic (exact) mass is 565 g/mol. The fraction of sp³-hybridized carbons (Fsp3) is 0.320. The average Bonchev–Trinajstić information content (AvgIpc) is 3.37. The van der Waals surface area contributed by atoms with E-state index in [1.807, 2.05) is 29.6 Å². The van der Waals surface area contributed by atoms with E-state index in [0.717, 1.165) is 40.8 Å². The van der Waals surface area contributed by atoms with Crippen LogP contribution in [-0.4, -0.2) is 67.0 Å². The predicted molar refractivity (Wildman–Crippen MR) is 144 cm³/mol. The van der Waals surface area contributed by atoms with Crippen LogP contribution in [0.3, 0.4) is 0 Å². The molecular formula is C25H25Cl2N3O4S2. The maximum absolute atomic E-state index is 12.4. The lowest BCUT2D eigenvalue weighted by Crippen LogP contribution is -2.47. The fourth-order valence-corrected chi connectivity index (χ4v) is 5.69. The molecule has 1 aliphatic heterocycles. The lowest BCUT2D eigenvalue weighted by Gasteiger charge is -2.33. The van der Waals surface area contributed by atoms with Crippen molar-refractivity contribution < 1.29 is 19.1 Å². The van der Waals surface area contributed by atoms with E-state index in [4.69, 9.17) is 32.7 Å². The first kappa shape index (κ1) is 26.9. The van der Waals surface area contributed by atoms with Gasteiger partial charge in [0.05, 0.1) is 46.9 Å². The molecule has 0 spiro atoms. The average molecular weight is 567 g/mol. The summed E-state index contributed by atoms with van der Waals surface area (Å²) in [7, 11) is 1.35. The van der Waals surface area contributed by atoms with Crippen LogP contribution in [0, 0.1) is 0 Å². The zero-order valence-corrected chi connectivity index (χ0v) is 22.7. The van der Waals surface area contributed by atoms with Gasteiger partial charge in [-0.05, 0) is 29.8 Å². The highest BCUT2D eigenvalue weighted by Crippen LogP contribution is 2.28. The standard InChI is InChI=1S/C25H25Cl2N3O4S2/c1-33-24(32)18-5-3-17(4-6-18)22-14-35-25(29-22)36-15-23(31)28-11-19-13-30(8-9-34-19)12-16-2-7-20(26)21(27)10-16/h2-7,10,14,19H,8-9,11-13,15H2,1H3,(H,28,31). The summed E-state index contributed by atoms with van der Waals surface area (Å²) in [6.45, 7) is 3.35. The molecule has 1 unspecified atom stereocenters. The van der Waals surface area contributed by atoms with Crippen molar-refractivity contribution in [2.45, 2.75) is 17.0 Å². The van der Waals surface area contributed by atoms with Crippen LogP contribution in [0.15, 0.2) is 52.2 Å². The van der Waals surface area contributed by atoms with Gasteiger partial charge in [-0.25, -0.2) is 9.78 Å². The number of benzene rings is 2. The Labute approximate surface area is 228 Å². The summed E-state index contributed by atoms with van der Waals surface area (Å²) < 4.78 is 11.4. The van der Waals surface area contributed by atoms with E-state index >= 15 is 0 Å². The molecule has 0 radical (unpaired) electrons. The molecule has 0 saturated carbocycles. The number of methoxy groups -OCH3 is 1. The Balaban J connectivity index is 1.20. The lowest BCUT2D eigenvalue weighted by atomic mass is 10.1. The number of hydrogen-bond acceptors (Lipinski definition) is 8. The molecule has 1 saturated heterocycles. The summed E-state index contributed by atoms with van der Waals surface area (Å²) >= 11 is 15.0. The Morgan fingerprint density at radius 3 is 2.78 bits per heavy atom. The van der Waals surface area contributed by atoms with Crippen LogP contribution in [0.25, 0.3) is 11.3 Å². The summed E-state index contributed by atoms with van der Waals surface area (Å²) in [4.78, 5) is 30.9. The third-order valence-electron chi connectivity index (χ3n) is 5.55. The molecule has 1 aliphatic rings. The first-order valence-corrected chi connectivity index (χ1v) is 13.8. The largest absolute Gasteiger partial charge is 0.465 e. The second-order valence-corrected chi connectivity index (χ2v) is 11.0. The SMILES string of the molecule is COC(=O)c1ccc(-c2csc(SCC(=O)NCC3CN(Cc4ccc(Cl)c(Cl)c4)CCO3)n2)cc1. The summed E-state index contributed by atoms with van der Waals surface area (Å²) in [5.74, 6) is -0.169. The Morgan fingerprint density at radius 1 is 1.22 bits per heavy atom. The van der Waals surface area contributed by atoms with E-state index in [1.54, 1.807) is 18.2 Å². The minimum atomic E-state index is -0.375. The highest BCUT2D eigenvalue weighted by Gasteiger charge is 2.21. The molecular weight excluding hydrogens is 541 g/mol. The molecule has 0 aliphatic carbocycles. The number of aromatic nitrogens is 1. The summed E-state index contributed by atoms with van der Waals surface area (Å²) in [5.41, 5.74) is 3.28. The van der Waals surface area contributed by atoms with Gasteiger partial charge in [0.15, 0.2) is 4.34 Å². The van der Waals surface area contributed by atoms with Crippen LogP contribution in [0.1, 0.15) is 15.9 Å². The number of thiazole rings is 1. The lowest BCUT2D eigenvalue weighted by molar-refractivity contribution is -0.119. The molecule has 1 atom stereocenters. The van der Waals surface area contributed by atoms with Crippen LogP contribution in [0.4, 0.5) is 0 Å². The number of hydrogen-bond donors (Lipinski definition) is 1. The van der Waals surface area contributed by atoms with Crippen LogP contribution in [-0.2, 0) is 20.8 Å². The molecule has 1 fully saturated rings. The van der Waals surface area contributed by atoms with Crippen molar-refractivity contribution in [3.8, 4) is 11.3 Å². The fourth-order valence-electron chi connectivity index (χ4n) is 3.70. The molecule has 2 aromatic carbocycles. The van der Waals surface area contributed by atoms with Crippen LogP contribution in [0.2, 0.25) is 10.0 Å². The van der Waals surface area contributed by atoms with E-state index in [0.29, 0.717) is 28.8 Å². The van der Waals surface area contributed by atoms with Crippen molar-refractivity contribution in [3.63, 3.8) is 0 Å². The Bertz CT molecular complexity index is 1210. The van der Waals surface area contributed by atoms with Crippen molar-refractivity contribution in [1.82, 2.24) is 15.2 Å². The van der Waals surface area contributed by atoms with Crippen LogP contribution in [0.5, 0.6) is 0 Å². The zero-order valence-electron chi connectivity index (χ0n) is 19.5. The second-order valence-electron chi connectivity index (χ2n) is 8.14. The molecule has 2 heterocycles. The van der Waals surface area contributed by atoms with Crippen LogP contribution < -0.4 is 5.32 Å². The van der Waals surface area contributed by atoms with Gasteiger partial charge in [0.1, 0.15) is 0 Å². The van der Waals surface area contributed by atoms with Gasteiger partial charge in [-0.1, -0.05) is 53.2 Å². The molecule has 1 aromatic heterocycles. The number of thioether (sulfide) groups is 1. The Kier molecular flexibility index (Phi) is 9.64. The highest BCUT2D eigenvalue weighted by molar-refractivity contribution is 8.01. The summed E-state index contributed by atoms with van der Waals surface area (Å²) in [6.07, 6.45) is -0.0742. The van der Waals surface area contributed by atoms with Gasteiger partial charge < -0.3 is 14.8 Å². The molecule has 36 heavy (non-hydrogen) atoms. The number of nitrogens with one attached hydrogen (secondary N) is 1. The normalized spacial score (nSPS) is 16.0. The number of carbonyl (C=O) groups is 2. The van der Waals surface area contributed by atoms with E-state index in [2.05, 4.69) is 15.2 Å². The molecule has 11 heteroatoms. The highest BCUT2D eigenvalue weighted by atomic mass is 35.5. The smallest absolute Gasteiger partial charge is 0.337 e. The number of rotatable bonds is 9. The van der Waals surface area contributed by atoms with Gasteiger partial charge in [0, 0.05) is 37.1 Å². The van der Waals surface area contributed by atoms with E-state index in [1.165, 1.54) is 30.2 Å². The molecule has 3 aromatic rings. The van der Waals surface area contributed by atoms with E-state index < -0.39 is 0 Å². The van der Waals surface area contributed by atoms with Crippen molar-refractivity contribution in [3.05, 3.63) is 69.0 Å². The predicted octanol–water partition coefficient (Wildman–Crippen LogP) is 5.01. The Hall–Kier alpha value is -2.14. The number of halogens is 2. The maximum Gasteiger partial charge on any atom is 0.337 e. The number of amides is 1. The molecule has 4 rings (SSSR count). The van der Waals surface area contributed by atoms with E-state index in [9.17, 15) is 9.59 Å². The van der Waals surface area contributed by atoms with Crippen LogP contribution >= 0.6 is 46.3 Å². The molecule has 1 amide bonds. The number of esters is 1. The number of morpholine rings is 1. The Morgan fingerprint density at radius 2 is 2.03 bits per heavy atom. The van der Waals surface area contributed by atoms with Crippen molar-refractivity contribution in [2.24, 2.45) is 0 Å². The molecule has 7 nitrogen and oxygen atoms in total. The number of ether oxygens (including phenoxy) is 2.